The highest BCUT2D eigenvalue weighted by Crippen LogP contribution is 2.39. The van der Waals surface area contributed by atoms with Gasteiger partial charge < -0.3 is 9.47 Å². The monoisotopic (exact) mass is 424 g/mol. The Kier molecular flexibility index (Phi) is 15.8. The largest absolute Gasteiger partial charge is 0.465 e. The second-order valence-corrected chi connectivity index (χ2v) is 9.16. The van der Waals surface area contributed by atoms with Gasteiger partial charge in [0.15, 0.2) is 5.41 Å². The Labute approximate surface area is 185 Å². The van der Waals surface area contributed by atoms with Crippen molar-refractivity contribution in [2.45, 2.75) is 136 Å². The van der Waals surface area contributed by atoms with Crippen LogP contribution in [0.4, 0.5) is 0 Å². The highest BCUT2D eigenvalue weighted by Gasteiger charge is 2.49. The van der Waals surface area contributed by atoms with E-state index in [2.05, 4.69) is 13.8 Å². The van der Waals surface area contributed by atoms with Crippen LogP contribution in [-0.4, -0.2) is 25.2 Å². The summed E-state index contributed by atoms with van der Waals surface area (Å²) in [5.74, 6) is -0.671. The fourth-order valence-corrected chi connectivity index (χ4v) is 4.37. The molecule has 0 unspecified atom stereocenters. The molecule has 0 aliphatic heterocycles. The third-order valence-electron chi connectivity index (χ3n) is 6.45. The number of rotatable bonds is 18. The number of ether oxygens (including phenoxy) is 2. The summed E-state index contributed by atoms with van der Waals surface area (Å²) in [4.78, 5) is 25.7. The molecule has 0 bridgehead atoms. The van der Waals surface area contributed by atoms with E-state index in [1.54, 1.807) is 0 Å². The molecule has 176 valence electrons. The minimum atomic E-state index is -1.04. The number of unbranched alkanes of at least 4 members (excludes halogenated alkanes) is 12. The maximum atomic E-state index is 12.8. The van der Waals surface area contributed by atoms with Gasteiger partial charge in [-0.3, -0.25) is 9.59 Å². The van der Waals surface area contributed by atoms with Gasteiger partial charge in [0.2, 0.25) is 0 Å². The van der Waals surface area contributed by atoms with Crippen molar-refractivity contribution in [1.82, 2.24) is 0 Å². The van der Waals surface area contributed by atoms with Gasteiger partial charge in [-0.2, -0.15) is 0 Å². The van der Waals surface area contributed by atoms with Gasteiger partial charge in [0.05, 0.1) is 13.2 Å². The molecule has 1 fully saturated rings. The standard InChI is InChI=1S/C26H48O4/c1-3-5-7-9-11-13-18-22-29-24(27)26(20-16-15-17-21-26)25(28)30-23-19-14-12-10-8-6-4-2/h3-23H2,1-2H3. The van der Waals surface area contributed by atoms with Gasteiger partial charge in [-0.05, 0) is 25.7 Å². The topological polar surface area (TPSA) is 52.6 Å². The zero-order chi connectivity index (χ0) is 21.9. The highest BCUT2D eigenvalue weighted by molar-refractivity contribution is 6.00. The third-order valence-corrected chi connectivity index (χ3v) is 6.45. The van der Waals surface area contributed by atoms with E-state index in [0.29, 0.717) is 26.1 Å². The Morgan fingerprint density at radius 3 is 1.33 bits per heavy atom. The molecule has 0 amide bonds. The zero-order valence-corrected chi connectivity index (χ0v) is 20.0. The van der Waals surface area contributed by atoms with Crippen molar-refractivity contribution in [3.63, 3.8) is 0 Å². The average Bonchev–Trinajstić information content (AvgIpc) is 2.77. The lowest BCUT2D eigenvalue weighted by Gasteiger charge is -2.32. The normalized spacial score (nSPS) is 15.7. The van der Waals surface area contributed by atoms with Crippen LogP contribution in [0.5, 0.6) is 0 Å². The molecule has 0 aromatic heterocycles. The van der Waals surface area contributed by atoms with Gasteiger partial charge >= 0.3 is 11.9 Å². The summed E-state index contributed by atoms with van der Waals surface area (Å²) in [6.45, 7) is 5.30. The number of hydrogen-bond acceptors (Lipinski definition) is 4. The fraction of sp³-hybridized carbons (Fsp3) is 0.923. The van der Waals surface area contributed by atoms with Crippen molar-refractivity contribution < 1.29 is 19.1 Å². The second kappa shape index (κ2) is 17.6. The molecule has 0 saturated heterocycles. The van der Waals surface area contributed by atoms with E-state index in [1.807, 2.05) is 0 Å². The lowest BCUT2D eigenvalue weighted by molar-refractivity contribution is -0.175. The van der Waals surface area contributed by atoms with Gasteiger partial charge in [-0.25, -0.2) is 0 Å². The minimum Gasteiger partial charge on any atom is -0.465 e. The summed E-state index contributed by atoms with van der Waals surface area (Å²) < 4.78 is 11.2. The van der Waals surface area contributed by atoms with E-state index in [1.165, 1.54) is 64.2 Å². The highest BCUT2D eigenvalue weighted by atomic mass is 16.6. The Morgan fingerprint density at radius 2 is 0.933 bits per heavy atom. The number of carbonyl (C=O) groups excluding carboxylic acids is 2. The lowest BCUT2D eigenvalue weighted by atomic mass is 9.74. The van der Waals surface area contributed by atoms with E-state index in [9.17, 15) is 9.59 Å². The van der Waals surface area contributed by atoms with Crippen molar-refractivity contribution >= 4 is 11.9 Å². The summed E-state index contributed by atoms with van der Waals surface area (Å²) in [6.07, 6.45) is 20.6. The van der Waals surface area contributed by atoms with Crippen molar-refractivity contribution in [3.05, 3.63) is 0 Å². The van der Waals surface area contributed by atoms with Crippen LogP contribution in [0.1, 0.15) is 136 Å². The number of carbonyl (C=O) groups is 2. The van der Waals surface area contributed by atoms with Crippen molar-refractivity contribution in [3.8, 4) is 0 Å². The minimum absolute atomic E-state index is 0.335. The number of hydrogen-bond donors (Lipinski definition) is 0. The molecule has 0 atom stereocenters. The van der Waals surface area contributed by atoms with Crippen LogP contribution in [-0.2, 0) is 19.1 Å². The first-order valence-corrected chi connectivity index (χ1v) is 13.0. The first-order valence-electron chi connectivity index (χ1n) is 13.0. The molecule has 0 aromatic carbocycles. The quantitative estimate of drug-likeness (QED) is 0.130. The lowest BCUT2D eigenvalue weighted by Crippen LogP contribution is -2.43. The Morgan fingerprint density at radius 1 is 0.567 bits per heavy atom. The molecule has 1 aliphatic carbocycles. The first-order chi connectivity index (χ1) is 14.7. The maximum absolute atomic E-state index is 12.8. The van der Waals surface area contributed by atoms with E-state index < -0.39 is 5.41 Å². The summed E-state index contributed by atoms with van der Waals surface area (Å²) >= 11 is 0. The van der Waals surface area contributed by atoms with Crippen LogP contribution in [0.15, 0.2) is 0 Å². The van der Waals surface area contributed by atoms with Crippen LogP contribution in [0, 0.1) is 5.41 Å². The van der Waals surface area contributed by atoms with Gasteiger partial charge in [0, 0.05) is 0 Å². The van der Waals surface area contributed by atoms with E-state index in [0.717, 1.165) is 44.9 Å². The summed E-state index contributed by atoms with van der Waals surface area (Å²) in [7, 11) is 0. The third kappa shape index (κ3) is 10.8. The molecular formula is C26H48O4. The molecule has 30 heavy (non-hydrogen) atoms. The molecule has 4 nitrogen and oxygen atoms in total. The van der Waals surface area contributed by atoms with E-state index in [4.69, 9.17) is 9.47 Å². The maximum Gasteiger partial charge on any atom is 0.323 e. The van der Waals surface area contributed by atoms with Crippen molar-refractivity contribution in [2.24, 2.45) is 5.41 Å². The van der Waals surface area contributed by atoms with Crippen LogP contribution >= 0.6 is 0 Å². The molecule has 0 spiro atoms. The van der Waals surface area contributed by atoms with Gasteiger partial charge in [0.25, 0.3) is 0 Å². The molecule has 0 aromatic rings. The zero-order valence-electron chi connectivity index (χ0n) is 20.0. The van der Waals surface area contributed by atoms with Crippen molar-refractivity contribution in [2.75, 3.05) is 13.2 Å². The molecule has 1 saturated carbocycles. The Balaban J connectivity index is 2.29. The van der Waals surface area contributed by atoms with Crippen LogP contribution in [0.3, 0.4) is 0 Å². The van der Waals surface area contributed by atoms with Crippen molar-refractivity contribution in [1.29, 1.82) is 0 Å². The molecule has 0 heterocycles. The summed E-state index contributed by atoms with van der Waals surface area (Å²) in [5.41, 5.74) is -1.04. The van der Waals surface area contributed by atoms with Gasteiger partial charge in [-0.1, -0.05) is 110 Å². The Hall–Kier alpha value is -1.06. The molecular weight excluding hydrogens is 376 g/mol. The average molecular weight is 425 g/mol. The summed E-state index contributed by atoms with van der Waals surface area (Å²) in [5, 5.41) is 0. The van der Waals surface area contributed by atoms with E-state index >= 15 is 0 Å². The van der Waals surface area contributed by atoms with E-state index in [-0.39, 0.29) is 11.9 Å². The second-order valence-electron chi connectivity index (χ2n) is 9.16. The fourth-order valence-electron chi connectivity index (χ4n) is 4.37. The Bertz CT molecular complexity index is 406. The van der Waals surface area contributed by atoms with Gasteiger partial charge in [-0.15, -0.1) is 0 Å². The predicted octanol–water partition coefficient (Wildman–Crippen LogP) is 7.52. The van der Waals surface area contributed by atoms with Crippen LogP contribution in [0.2, 0.25) is 0 Å². The number of esters is 2. The SMILES string of the molecule is CCCCCCCCCOC(=O)C1(C(=O)OCCCCCCCCC)CCCCC1. The first kappa shape index (κ1) is 27.0. The smallest absolute Gasteiger partial charge is 0.323 e. The molecule has 0 N–H and O–H groups in total. The molecule has 4 heteroatoms. The predicted molar refractivity (Wildman–Crippen MR) is 123 cm³/mol. The molecule has 1 rings (SSSR count). The van der Waals surface area contributed by atoms with Crippen LogP contribution in [0.25, 0.3) is 0 Å². The molecule has 0 radical (unpaired) electrons. The van der Waals surface area contributed by atoms with Gasteiger partial charge in [0.1, 0.15) is 0 Å². The summed E-state index contributed by atoms with van der Waals surface area (Å²) in [6, 6.07) is 0. The molecule has 1 aliphatic rings. The van der Waals surface area contributed by atoms with Crippen LogP contribution < -0.4 is 0 Å².